The van der Waals surface area contributed by atoms with Gasteiger partial charge in [-0.15, -0.1) is 0 Å². The first-order chi connectivity index (χ1) is 11.6. The van der Waals surface area contributed by atoms with Crippen LogP contribution in [0, 0.1) is 0 Å². The van der Waals surface area contributed by atoms with Gasteiger partial charge in [-0.2, -0.15) is 0 Å². The van der Waals surface area contributed by atoms with E-state index in [2.05, 4.69) is 54.1 Å². The Kier molecular flexibility index (Phi) is 5.04. The number of carbonyl (C=O) groups is 1. The predicted molar refractivity (Wildman–Crippen MR) is 99.7 cm³/mol. The van der Waals surface area contributed by atoms with Crippen LogP contribution in [0.2, 0.25) is 0 Å². The second kappa shape index (κ2) is 7.39. The zero-order chi connectivity index (χ0) is 16.9. The van der Waals surface area contributed by atoms with Gasteiger partial charge in [0.2, 0.25) is 0 Å². The first-order valence-corrected chi connectivity index (χ1v) is 8.61. The number of rotatable bonds is 4. The number of aryl methyl sites for hydroxylation is 1. The lowest BCUT2D eigenvalue weighted by molar-refractivity contribution is 0.251. The molecule has 3 N–H and O–H groups in total. The fourth-order valence-electron chi connectivity index (χ4n) is 3.15. The minimum atomic E-state index is -0.149. The van der Waals surface area contributed by atoms with Gasteiger partial charge in [0, 0.05) is 24.0 Å². The summed E-state index contributed by atoms with van der Waals surface area (Å²) in [5.74, 6) is 0.373. The number of benzene rings is 2. The van der Waals surface area contributed by atoms with E-state index in [1.807, 2.05) is 24.3 Å². The molecule has 0 radical (unpaired) electrons. The van der Waals surface area contributed by atoms with Gasteiger partial charge >= 0.3 is 6.03 Å². The van der Waals surface area contributed by atoms with Crippen molar-refractivity contribution >= 4 is 17.4 Å². The Morgan fingerprint density at radius 2 is 1.92 bits per heavy atom. The van der Waals surface area contributed by atoms with Crippen molar-refractivity contribution in [3.05, 3.63) is 59.7 Å². The maximum atomic E-state index is 12.2. The van der Waals surface area contributed by atoms with E-state index in [0.29, 0.717) is 12.5 Å². The van der Waals surface area contributed by atoms with Crippen molar-refractivity contribution in [3.8, 4) is 0 Å². The molecule has 0 bridgehead atoms. The first kappa shape index (κ1) is 16.4. The summed E-state index contributed by atoms with van der Waals surface area (Å²) in [4.78, 5) is 12.2. The van der Waals surface area contributed by atoms with Crippen molar-refractivity contribution in [3.63, 3.8) is 0 Å². The lowest BCUT2D eigenvalue weighted by Gasteiger charge is -2.27. The van der Waals surface area contributed by atoms with E-state index < -0.39 is 0 Å². The lowest BCUT2D eigenvalue weighted by atomic mass is 9.98. The highest BCUT2D eigenvalue weighted by atomic mass is 16.2. The van der Waals surface area contributed by atoms with Gasteiger partial charge in [0.05, 0.1) is 0 Å². The summed E-state index contributed by atoms with van der Waals surface area (Å²) in [5, 5.41) is 9.46. The summed E-state index contributed by atoms with van der Waals surface area (Å²) in [5.41, 5.74) is 4.56. The van der Waals surface area contributed by atoms with Gasteiger partial charge in [0.1, 0.15) is 0 Å². The molecule has 0 saturated carbocycles. The molecule has 2 aromatic rings. The Labute approximate surface area is 143 Å². The molecule has 0 spiro atoms. The third-order valence-corrected chi connectivity index (χ3v) is 4.48. The van der Waals surface area contributed by atoms with E-state index in [0.717, 1.165) is 24.1 Å². The zero-order valence-corrected chi connectivity index (χ0v) is 14.3. The molecule has 3 rings (SSSR count). The number of hydrogen-bond donors (Lipinski definition) is 3. The fraction of sp³-hybridized carbons (Fsp3) is 0.350. The van der Waals surface area contributed by atoms with E-state index in [9.17, 15) is 4.79 Å². The highest BCUT2D eigenvalue weighted by molar-refractivity contribution is 5.90. The molecule has 1 atom stereocenters. The minimum absolute atomic E-state index is 0.149. The van der Waals surface area contributed by atoms with Gasteiger partial charge in [0.25, 0.3) is 0 Å². The quantitative estimate of drug-likeness (QED) is 0.783. The molecule has 0 aliphatic carbocycles. The smallest absolute Gasteiger partial charge is 0.319 e. The van der Waals surface area contributed by atoms with E-state index in [1.165, 1.54) is 11.3 Å². The van der Waals surface area contributed by atoms with Crippen molar-refractivity contribution in [1.29, 1.82) is 0 Å². The van der Waals surface area contributed by atoms with Gasteiger partial charge in [-0.05, 0) is 42.0 Å². The fourth-order valence-corrected chi connectivity index (χ4v) is 3.15. The second-order valence-corrected chi connectivity index (χ2v) is 6.61. The number of para-hydroxylation sites is 2. The van der Waals surface area contributed by atoms with E-state index >= 15 is 0 Å². The number of carbonyl (C=O) groups excluding carboxylic acids is 1. The molecule has 2 aromatic carbocycles. The average molecular weight is 323 g/mol. The SMILES string of the molecule is CC(C)c1ccccc1NC(=O)NCC1CCc2ccccc2N1. The molecule has 4 heteroatoms. The van der Waals surface area contributed by atoms with Crippen LogP contribution < -0.4 is 16.0 Å². The zero-order valence-electron chi connectivity index (χ0n) is 14.3. The van der Waals surface area contributed by atoms with Crippen LogP contribution in [0.4, 0.5) is 16.2 Å². The highest BCUT2D eigenvalue weighted by Crippen LogP contribution is 2.25. The van der Waals surface area contributed by atoms with Crippen LogP contribution in [0.15, 0.2) is 48.5 Å². The van der Waals surface area contributed by atoms with Gasteiger partial charge in [-0.1, -0.05) is 50.2 Å². The standard InChI is InChI=1S/C20H25N3O/c1-14(2)17-8-4-6-10-19(17)23-20(24)21-13-16-12-11-15-7-3-5-9-18(15)22-16/h3-10,14,16,22H,11-13H2,1-2H3,(H2,21,23,24). The third-order valence-electron chi connectivity index (χ3n) is 4.48. The van der Waals surface area contributed by atoms with Crippen LogP contribution in [0.25, 0.3) is 0 Å². The highest BCUT2D eigenvalue weighted by Gasteiger charge is 2.18. The Morgan fingerprint density at radius 3 is 2.75 bits per heavy atom. The maximum absolute atomic E-state index is 12.2. The number of fused-ring (bicyclic) bond motifs is 1. The largest absolute Gasteiger partial charge is 0.380 e. The number of nitrogens with one attached hydrogen (secondary N) is 3. The van der Waals surface area contributed by atoms with Crippen molar-refractivity contribution in [2.75, 3.05) is 17.2 Å². The van der Waals surface area contributed by atoms with Crippen LogP contribution in [0.3, 0.4) is 0 Å². The van der Waals surface area contributed by atoms with Crippen molar-refractivity contribution in [2.24, 2.45) is 0 Å². The van der Waals surface area contributed by atoms with Gasteiger partial charge in [0.15, 0.2) is 0 Å². The molecule has 2 amide bonds. The molecule has 1 unspecified atom stereocenters. The normalized spacial score (nSPS) is 16.2. The summed E-state index contributed by atoms with van der Waals surface area (Å²) in [6.07, 6.45) is 2.08. The molecular formula is C20H25N3O. The number of amides is 2. The molecule has 1 heterocycles. The minimum Gasteiger partial charge on any atom is -0.380 e. The average Bonchev–Trinajstić information content (AvgIpc) is 2.60. The van der Waals surface area contributed by atoms with Crippen LogP contribution in [0.1, 0.15) is 37.3 Å². The molecule has 0 fully saturated rings. The molecule has 1 aliphatic heterocycles. The summed E-state index contributed by atoms with van der Waals surface area (Å²) in [6.45, 7) is 4.87. The summed E-state index contributed by atoms with van der Waals surface area (Å²) in [6, 6.07) is 16.4. The monoisotopic (exact) mass is 323 g/mol. The van der Waals surface area contributed by atoms with Crippen LogP contribution >= 0.6 is 0 Å². The van der Waals surface area contributed by atoms with Crippen molar-refractivity contribution in [2.45, 2.75) is 38.6 Å². The van der Waals surface area contributed by atoms with Crippen LogP contribution in [-0.4, -0.2) is 18.6 Å². The number of hydrogen-bond acceptors (Lipinski definition) is 2. The number of anilines is 2. The Hall–Kier alpha value is -2.49. The Bertz CT molecular complexity index is 712. The van der Waals surface area contributed by atoms with E-state index in [4.69, 9.17) is 0 Å². The summed E-state index contributed by atoms with van der Waals surface area (Å²) in [7, 11) is 0. The molecule has 0 saturated heterocycles. The van der Waals surface area contributed by atoms with Crippen LogP contribution in [-0.2, 0) is 6.42 Å². The van der Waals surface area contributed by atoms with Gasteiger partial charge in [-0.3, -0.25) is 0 Å². The first-order valence-electron chi connectivity index (χ1n) is 8.61. The Balaban J connectivity index is 1.54. The molecule has 4 nitrogen and oxygen atoms in total. The number of urea groups is 1. The van der Waals surface area contributed by atoms with E-state index in [-0.39, 0.29) is 12.1 Å². The van der Waals surface area contributed by atoms with Gasteiger partial charge < -0.3 is 16.0 Å². The predicted octanol–water partition coefficient (Wildman–Crippen LogP) is 4.36. The Morgan fingerprint density at radius 1 is 1.17 bits per heavy atom. The molecule has 24 heavy (non-hydrogen) atoms. The van der Waals surface area contributed by atoms with Gasteiger partial charge in [-0.25, -0.2) is 4.79 Å². The third kappa shape index (κ3) is 3.88. The van der Waals surface area contributed by atoms with Crippen molar-refractivity contribution < 1.29 is 4.79 Å². The lowest BCUT2D eigenvalue weighted by Crippen LogP contribution is -2.40. The molecule has 1 aliphatic rings. The molecular weight excluding hydrogens is 298 g/mol. The molecule has 0 aromatic heterocycles. The van der Waals surface area contributed by atoms with Crippen molar-refractivity contribution in [1.82, 2.24) is 5.32 Å². The topological polar surface area (TPSA) is 53.2 Å². The summed E-state index contributed by atoms with van der Waals surface area (Å²) < 4.78 is 0. The maximum Gasteiger partial charge on any atom is 0.319 e. The van der Waals surface area contributed by atoms with Crippen LogP contribution in [0.5, 0.6) is 0 Å². The second-order valence-electron chi connectivity index (χ2n) is 6.61. The molecule has 126 valence electrons. The summed E-state index contributed by atoms with van der Waals surface area (Å²) >= 11 is 0. The van der Waals surface area contributed by atoms with E-state index in [1.54, 1.807) is 0 Å².